The van der Waals surface area contributed by atoms with Crippen LogP contribution in [0.3, 0.4) is 0 Å². The van der Waals surface area contributed by atoms with Gasteiger partial charge in [-0.1, -0.05) is 0 Å². The number of hydrogen-bond acceptors (Lipinski definition) is 5. The van der Waals surface area contributed by atoms with Crippen LogP contribution in [0.2, 0.25) is 0 Å². The van der Waals surface area contributed by atoms with Gasteiger partial charge in [-0.05, 0) is 34.7 Å². The summed E-state index contributed by atoms with van der Waals surface area (Å²) in [4.78, 5) is 2.28. The quantitative estimate of drug-likeness (QED) is 0.904. The van der Waals surface area contributed by atoms with Gasteiger partial charge in [-0.15, -0.1) is 0 Å². The number of furan rings is 1. The van der Waals surface area contributed by atoms with Gasteiger partial charge in [0.1, 0.15) is 16.4 Å². The number of aryl methyl sites for hydroxylation is 2. The smallest absolute Gasteiger partial charge is 0.247 e. The first kappa shape index (κ1) is 16.5. The molecular weight excluding hydrogens is 292 g/mol. The maximum Gasteiger partial charge on any atom is 0.247 e. The highest BCUT2D eigenvalue weighted by Crippen LogP contribution is 2.31. The molecule has 21 heavy (non-hydrogen) atoms. The molecule has 6 nitrogen and oxygen atoms in total. The molecule has 0 aromatic carbocycles. The Hall–Kier alpha value is -0.890. The highest BCUT2D eigenvalue weighted by molar-refractivity contribution is 7.89. The van der Waals surface area contributed by atoms with E-state index in [4.69, 9.17) is 4.42 Å². The minimum atomic E-state index is -3.66. The second kappa shape index (κ2) is 5.39. The van der Waals surface area contributed by atoms with Gasteiger partial charge in [0, 0.05) is 30.7 Å². The molecule has 2 rings (SSSR count). The average Bonchev–Trinajstić information content (AvgIpc) is 2.67. The second-order valence-electron chi connectivity index (χ2n) is 6.25. The summed E-state index contributed by atoms with van der Waals surface area (Å²) in [6.07, 6.45) is 0. The summed E-state index contributed by atoms with van der Waals surface area (Å²) in [5.74, 6) is 0.801. The van der Waals surface area contributed by atoms with Crippen LogP contribution in [0.4, 0.5) is 0 Å². The molecule has 1 fully saturated rings. The molecule has 2 heterocycles. The molecule has 1 N–H and O–H groups in total. The van der Waals surface area contributed by atoms with Crippen molar-refractivity contribution in [2.75, 3.05) is 26.7 Å². The summed E-state index contributed by atoms with van der Waals surface area (Å²) in [5.41, 5.74) is 0.140. The Morgan fingerprint density at radius 1 is 1.24 bits per heavy atom. The Kier molecular flexibility index (Phi) is 4.23. The Morgan fingerprint density at radius 2 is 1.86 bits per heavy atom. The van der Waals surface area contributed by atoms with E-state index >= 15 is 0 Å². The molecule has 0 unspecified atom stereocenters. The van der Waals surface area contributed by atoms with Crippen LogP contribution in [0.15, 0.2) is 9.31 Å². The van der Waals surface area contributed by atoms with Gasteiger partial charge < -0.3 is 9.52 Å². The zero-order valence-corrected chi connectivity index (χ0v) is 14.1. The summed E-state index contributed by atoms with van der Waals surface area (Å²) < 4.78 is 32.8. The Balaban J connectivity index is 2.44. The summed E-state index contributed by atoms with van der Waals surface area (Å²) in [7, 11) is -1.66. The summed E-state index contributed by atoms with van der Waals surface area (Å²) in [5, 5.41) is 9.47. The van der Waals surface area contributed by atoms with Gasteiger partial charge in [-0.2, -0.15) is 4.31 Å². The van der Waals surface area contributed by atoms with Gasteiger partial charge in [-0.3, -0.25) is 4.90 Å². The normalized spacial score (nSPS) is 20.9. The van der Waals surface area contributed by atoms with Crippen LogP contribution >= 0.6 is 0 Å². The van der Waals surface area contributed by atoms with Crippen molar-refractivity contribution >= 4 is 10.0 Å². The predicted octanol–water partition coefficient (Wildman–Crippen LogP) is 1.10. The minimum Gasteiger partial charge on any atom is -0.465 e. The molecule has 1 saturated heterocycles. The third kappa shape index (κ3) is 2.75. The molecule has 0 bridgehead atoms. The summed E-state index contributed by atoms with van der Waals surface area (Å²) in [6, 6.07) is 0. The molecule has 0 amide bonds. The number of nitrogens with zero attached hydrogens (tertiary/aromatic N) is 2. The highest BCUT2D eigenvalue weighted by atomic mass is 32.2. The fourth-order valence-corrected chi connectivity index (χ4v) is 4.75. The first-order valence-corrected chi connectivity index (χ1v) is 8.46. The van der Waals surface area contributed by atoms with Crippen LogP contribution in [0.5, 0.6) is 0 Å². The highest BCUT2D eigenvalue weighted by Gasteiger charge is 2.39. The number of aliphatic hydroxyl groups is 1. The average molecular weight is 316 g/mol. The van der Waals surface area contributed by atoms with E-state index in [9.17, 15) is 13.5 Å². The topological polar surface area (TPSA) is 74.0 Å². The van der Waals surface area contributed by atoms with Crippen molar-refractivity contribution < 1.29 is 17.9 Å². The van der Waals surface area contributed by atoms with E-state index in [-0.39, 0.29) is 17.0 Å². The third-order valence-electron chi connectivity index (χ3n) is 4.36. The number of sulfonamides is 1. The van der Waals surface area contributed by atoms with Gasteiger partial charge in [0.05, 0.1) is 6.61 Å². The van der Waals surface area contributed by atoms with Crippen molar-refractivity contribution in [2.45, 2.75) is 44.7 Å². The maximum absolute atomic E-state index is 12.9. The molecule has 0 spiro atoms. The number of piperazine rings is 1. The molecule has 1 aliphatic heterocycles. The van der Waals surface area contributed by atoms with Crippen LogP contribution in [0.1, 0.15) is 30.9 Å². The standard InChI is InChI=1S/C14H24N2O4S/c1-10-12(8-17)13(11(2)20-10)21(18,19)16-7-6-15(5)14(3,4)9-16/h17H,6-9H2,1-5H3. The molecule has 7 heteroatoms. The van der Waals surface area contributed by atoms with Crippen molar-refractivity contribution in [1.82, 2.24) is 9.21 Å². The van der Waals surface area contributed by atoms with E-state index in [1.807, 2.05) is 20.9 Å². The lowest BCUT2D eigenvalue weighted by Gasteiger charge is -2.44. The number of likely N-dealkylation sites (N-methyl/N-ethyl adjacent to an activating group) is 1. The van der Waals surface area contributed by atoms with Gasteiger partial charge >= 0.3 is 0 Å². The fourth-order valence-electron chi connectivity index (χ4n) is 2.76. The largest absolute Gasteiger partial charge is 0.465 e. The SMILES string of the molecule is Cc1oc(C)c(S(=O)(=O)N2CCN(C)C(C)(C)C2)c1CO. The lowest BCUT2D eigenvalue weighted by Crippen LogP contribution is -2.58. The van der Waals surface area contributed by atoms with Gasteiger partial charge in [0.25, 0.3) is 0 Å². The van der Waals surface area contributed by atoms with Crippen LogP contribution in [0, 0.1) is 13.8 Å². The number of hydrogen-bond donors (Lipinski definition) is 1. The summed E-state index contributed by atoms with van der Waals surface area (Å²) in [6.45, 7) is 8.54. The lowest BCUT2D eigenvalue weighted by atomic mass is 10.0. The van der Waals surface area contributed by atoms with Crippen LogP contribution in [0.25, 0.3) is 0 Å². The molecule has 0 radical (unpaired) electrons. The van der Waals surface area contributed by atoms with E-state index in [1.165, 1.54) is 4.31 Å². The molecule has 1 aromatic rings. The van der Waals surface area contributed by atoms with E-state index in [1.54, 1.807) is 13.8 Å². The first-order chi connectivity index (χ1) is 9.61. The molecule has 1 aliphatic rings. The first-order valence-electron chi connectivity index (χ1n) is 7.02. The molecule has 120 valence electrons. The van der Waals surface area contributed by atoms with Gasteiger partial charge in [0.2, 0.25) is 10.0 Å². The van der Waals surface area contributed by atoms with E-state index in [2.05, 4.69) is 4.90 Å². The van der Waals surface area contributed by atoms with Crippen LogP contribution < -0.4 is 0 Å². The monoisotopic (exact) mass is 316 g/mol. The van der Waals surface area contributed by atoms with Crippen molar-refractivity contribution in [2.24, 2.45) is 0 Å². The Morgan fingerprint density at radius 3 is 2.38 bits per heavy atom. The van der Waals surface area contributed by atoms with Gasteiger partial charge in [0.15, 0.2) is 0 Å². The van der Waals surface area contributed by atoms with Crippen molar-refractivity contribution in [3.8, 4) is 0 Å². The summed E-state index contributed by atoms with van der Waals surface area (Å²) >= 11 is 0. The zero-order valence-electron chi connectivity index (χ0n) is 13.3. The molecule has 0 aliphatic carbocycles. The molecule has 0 saturated carbocycles. The second-order valence-corrected chi connectivity index (χ2v) is 8.13. The molecule has 1 aromatic heterocycles. The molecule has 0 atom stereocenters. The van der Waals surface area contributed by atoms with E-state index in [0.717, 1.165) is 0 Å². The van der Waals surface area contributed by atoms with Gasteiger partial charge in [-0.25, -0.2) is 8.42 Å². The van der Waals surface area contributed by atoms with Crippen LogP contribution in [-0.4, -0.2) is 55.0 Å². The zero-order chi connectivity index (χ0) is 16.0. The van der Waals surface area contributed by atoms with E-state index < -0.39 is 10.0 Å². The number of aliphatic hydroxyl groups excluding tert-OH is 1. The van der Waals surface area contributed by atoms with E-state index in [0.29, 0.717) is 36.7 Å². The number of rotatable bonds is 3. The van der Waals surface area contributed by atoms with Crippen molar-refractivity contribution in [3.05, 3.63) is 17.1 Å². The fraction of sp³-hybridized carbons (Fsp3) is 0.714. The Bertz CT molecular complexity index is 634. The third-order valence-corrected chi connectivity index (χ3v) is 6.40. The minimum absolute atomic E-state index is 0.128. The van der Waals surface area contributed by atoms with Crippen molar-refractivity contribution in [1.29, 1.82) is 0 Å². The predicted molar refractivity (Wildman–Crippen MR) is 79.6 cm³/mol. The lowest BCUT2D eigenvalue weighted by molar-refractivity contribution is 0.0800. The van der Waals surface area contributed by atoms with Crippen LogP contribution in [-0.2, 0) is 16.6 Å². The maximum atomic E-state index is 12.9. The Labute approximate surface area is 126 Å². The van der Waals surface area contributed by atoms with Crippen molar-refractivity contribution in [3.63, 3.8) is 0 Å². The molecular formula is C14H24N2O4S.